The van der Waals surface area contributed by atoms with Gasteiger partial charge in [-0.1, -0.05) is 29.8 Å². The third-order valence-electron chi connectivity index (χ3n) is 3.95. The standard InChI is InChI=1S/C19H19ClN4O3/c1-3-24-18(26)15-9-4-5-10-16(15)21-19(24)23-22-17(25)12(2)27-14-8-6-7-13(20)11-14/h4-12H,3H2,1-2H3,(H,21,23)(H,22,25). The van der Waals surface area contributed by atoms with Gasteiger partial charge in [-0.2, -0.15) is 0 Å². The molecular formula is C19H19ClN4O3. The van der Waals surface area contributed by atoms with Crippen molar-refractivity contribution in [3.05, 3.63) is 63.9 Å². The van der Waals surface area contributed by atoms with Crippen molar-refractivity contribution in [1.29, 1.82) is 0 Å². The van der Waals surface area contributed by atoms with Gasteiger partial charge in [0.05, 0.1) is 10.9 Å². The van der Waals surface area contributed by atoms with Crippen LogP contribution in [0.25, 0.3) is 10.9 Å². The van der Waals surface area contributed by atoms with E-state index >= 15 is 0 Å². The second-order valence-electron chi connectivity index (χ2n) is 5.83. The number of fused-ring (bicyclic) bond motifs is 1. The largest absolute Gasteiger partial charge is 0.481 e. The molecule has 0 aliphatic heterocycles. The van der Waals surface area contributed by atoms with Gasteiger partial charge in [0.1, 0.15) is 5.75 Å². The molecule has 0 radical (unpaired) electrons. The highest BCUT2D eigenvalue weighted by Gasteiger charge is 2.16. The van der Waals surface area contributed by atoms with Crippen LogP contribution in [0, 0.1) is 0 Å². The summed E-state index contributed by atoms with van der Waals surface area (Å²) < 4.78 is 7.02. The van der Waals surface area contributed by atoms with Crippen LogP contribution in [0.1, 0.15) is 13.8 Å². The molecule has 1 unspecified atom stereocenters. The van der Waals surface area contributed by atoms with E-state index in [0.717, 1.165) is 0 Å². The lowest BCUT2D eigenvalue weighted by Gasteiger charge is -2.17. The lowest BCUT2D eigenvalue weighted by molar-refractivity contribution is -0.126. The average Bonchev–Trinajstić information content (AvgIpc) is 2.66. The zero-order valence-electron chi connectivity index (χ0n) is 14.9. The number of hydrogen-bond acceptors (Lipinski definition) is 5. The Bertz CT molecular complexity index is 1030. The van der Waals surface area contributed by atoms with Crippen LogP contribution in [0.3, 0.4) is 0 Å². The lowest BCUT2D eigenvalue weighted by atomic mass is 10.2. The summed E-state index contributed by atoms with van der Waals surface area (Å²) in [5, 5.41) is 1.04. The van der Waals surface area contributed by atoms with E-state index in [4.69, 9.17) is 16.3 Å². The Balaban J connectivity index is 1.74. The number of halogens is 1. The highest BCUT2D eigenvalue weighted by Crippen LogP contribution is 2.18. The molecule has 2 N–H and O–H groups in total. The maximum absolute atomic E-state index is 12.6. The molecule has 140 valence electrons. The van der Waals surface area contributed by atoms with Crippen molar-refractivity contribution in [3.63, 3.8) is 0 Å². The first-order chi connectivity index (χ1) is 13.0. The number of nitrogens with zero attached hydrogens (tertiary/aromatic N) is 2. The Morgan fingerprint density at radius 3 is 2.78 bits per heavy atom. The Labute approximate surface area is 160 Å². The number of amides is 1. The fourth-order valence-electron chi connectivity index (χ4n) is 2.57. The number of carbonyl (C=O) groups is 1. The fourth-order valence-corrected chi connectivity index (χ4v) is 2.75. The monoisotopic (exact) mass is 386 g/mol. The van der Waals surface area contributed by atoms with E-state index in [2.05, 4.69) is 15.8 Å². The normalized spacial score (nSPS) is 11.8. The fraction of sp³-hybridized carbons (Fsp3) is 0.211. The highest BCUT2D eigenvalue weighted by molar-refractivity contribution is 6.30. The predicted octanol–water partition coefficient (Wildman–Crippen LogP) is 2.98. The summed E-state index contributed by atoms with van der Waals surface area (Å²) in [6, 6.07) is 13.8. The van der Waals surface area contributed by atoms with Gasteiger partial charge in [0.25, 0.3) is 11.5 Å². The van der Waals surface area contributed by atoms with Crippen LogP contribution in [0.5, 0.6) is 5.75 Å². The highest BCUT2D eigenvalue weighted by atomic mass is 35.5. The van der Waals surface area contributed by atoms with E-state index < -0.39 is 12.0 Å². The molecule has 8 heteroatoms. The van der Waals surface area contributed by atoms with Crippen molar-refractivity contribution in [3.8, 4) is 5.75 Å². The molecule has 7 nitrogen and oxygen atoms in total. The lowest BCUT2D eigenvalue weighted by Crippen LogP contribution is -2.41. The van der Waals surface area contributed by atoms with E-state index in [1.165, 1.54) is 4.57 Å². The zero-order valence-corrected chi connectivity index (χ0v) is 15.7. The first-order valence-electron chi connectivity index (χ1n) is 8.47. The number of para-hydroxylation sites is 1. The van der Waals surface area contributed by atoms with Gasteiger partial charge in [0.2, 0.25) is 5.95 Å². The molecule has 3 aromatic rings. The molecule has 1 amide bonds. The topological polar surface area (TPSA) is 85.2 Å². The van der Waals surface area contributed by atoms with Crippen molar-refractivity contribution >= 4 is 34.4 Å². The van der Waals surface area contributed by atoms with Gasteiger partial charge in [0, 0.05) is 11.6 Å². The molecule has 0 bridgehead atoms. The number of hydrazine groups is 1. The minimum atomic E-state index is -0.779. The Morgan fingerprint density at radius 2 is 2.04 bits per heavy atom. The number of rotatable bonds is 6. The van der Waals surface area contributed by atoms with E-state index in [9.17, 15) is 9.59 Å². The molecule has 0 fully saturated rings. The molecule has 0 aliphatic rings. The minimum absolute atomic E-state index is 0.178. The van der Waals surface area contributed by atoms with E-state index in [0.29, 0.717) is 28.2 Å². The van der Waals surface area contributed by atoms with Gasteiger partial charge < -0.3 is 4.74 Å². The van der Waals surface area contributed by atoms with Crippen molar-refractivity contribution in [2.45, 2.75) is 26.5 Å². The van der Waals surface area contributed by atoms with Gasteiger partial charge >= 0.3 is 0 Å². The molecule has 1 aromatic heterocycles. The first kappa shape index (κ1) is 18.7. The maximum atomic E-state index is 12.6. The van der Waals surface area contributed by atoms with Crippen LogP contribution in [-0.2, 0) is 11.3 Å². The summed E-state index contributed by atoms with van der Waals surface area (Å²) in [5.74, 6) is 0.323. The molecule has 0 spiro atoms. The van der Waals surface area contributed by atoms with E-state index in [-0.39, 0.29) is 11.5 Å². The Morgan fingerprint density at radius 1 is 1.26 bits per heavy atom. The number of ether oxygens (including phenoxy) is 1. The number of nitrogens with one attached hydrogen (secondary N) is 2. The average molecular weight is 387 g/mol. The van der Waals surface area contributed by atoms with Crippen molar-refractivity contribution in [2.75, 3.05) is 5.43 Å². The Hall–Kier alpha value is -3.06. The van der Waals surface area contributed by atoms with Crippen molar-refractivity contribution in [2.24, 2.45) is 0 Å². The van der Waals surface area contributed by atoms with Gasteiger partial charge in [-0.25, -0.2) is 4.98 Å². The van der Waals surface area contributed by atoms with Gasteiger partial charge in [0.15, 0.2) is 6.10 Å². The minimum Gasteiger partial charge on any atom is -0.481 e. The molecule has 0 saturated carbocycles. The van der Waals surface area contributed by atoms with Crippen LogP contribution in [0.4, 0.5) is 5.95 Å². The van der Waals surface area contributed by atoms with Crippen LogP contribution >= 0.6 is 11.6 Å². The number of carbonyl (C=O) groups excluding carboxylic acids is 1. The van der Waals surface area contributed by atoms with Crippen LogP contribution in [0.15, 0.2) is 53.3 Å². The molecule has 0 aliphatic carbocycles. The molecule has 1 atom stereocenters. The van der Waals surface area contributed by atoms with Crippen LogP contribution in [0.2, 0.25) is 5.02 Å². The summed E-state index contributed by atoms with van der Waals surface area (Å²) in [6.07, 6.45) is -0.779. The van der Waals surface area contributed by atoms with E-state index in [1.54, 1.807) is 55.5 Å². The molecule has 27 heavy (non-hydrogen) atoms. The molecule has 0 saturated heterocycles. The molecule has 2 aromatic carbocycles. The quantitative estimate of drug-likeness (QED) is 0.636. The first-order valence-corrected chi connectivity index (χ1v) is 8.85. The smallest absolute Gasteiger partial charge is 0.279 e. The molecular weight excluding hydrogens is 368 g/mol. The van der Waals surface area contributed by atoms with Crippen LogP contribution in [-0.4, -0.2) is 21.6 Å². The predicted molar refractivity (Wildman–Crippen MR) is 105 cm³/mol. The second-order valence-corrected chi connectivity index (χ2v) is 6.27. The van der Waals surface area contributed by atoms with Gasteiger partial charge in [-0.05, 0) is 44.2 Å². The summed E-state index contributed by atoms with van der Waals surface area (Å²) in [6.45, 7) is 3.85. The number of hydrogen-bond donors (Lipinski definition) is 2. The van der Waals surface area contributed by atoms with Gasteiger partial charge in [-0.3, -0.25) is 25.0 Å². The van der Waals surface area contributed by atoms with Crippen molar-refractivity contribution in [1.82, 2.24) is 15.0 Å². The molecule has 1 heterocycles. The van der Waals surface area contributed by atoms with Crippen LogP contribution < -0.4 is 21.1 Å². The van der Waals surface area contributed by atoms with Crippen molar-refractivity contribution < 1.29 is 9.53 Å². The summed E-state index contributed by atoms with van der Waals surface area (Å²) in [7, 11) is 0. The number of benzene rings is 2. The summed E-state index contributed by atoms with van der Waals surface area (Å²) >= 11 is 5.91. The zero-order chi connectivity index (χ0) is 19.4. The van der Waals surface area contributed by atoms with Gasteiger partial charge in [-0.15, -0.1) is 0 Å². The third-order valence-corrected chi connectivity index (χ3v) is 4.19. The summed E-state index contributed by atoms with van der Waals surface area (Å²) in [5.41, 5.74) is 5.62. The van der Waals surface area contributed by atoms with E-state index in [1.807, 2.05) is 6.92 Å². The Kier molecular flexibility index (Phi) is 5.61. The molecule has 3 rings (SSSR count). The maximum Gasteiger partial charge on any atom is 0.279 e. The summed E-state index contributed by atoms with van der Waals surface area (Å²) in [4.78, 5) is 29.3. The third kappa shape index (κ3) is 4.20. The second kappa shape index (κ2) is 8.09. The number of aromatic nitrogens is 2. The number of anilines is 1. The SMILES string of the molecule is CCn1c(NNC(=O)C(C)Oc2cccc(Cl)c2)nc2ccccc2c1=O.